The Kier molecular flexibility index (Phi) is 5.08. The molecule has 4 N–H and O–H groups in total. The van der Waals surface area contributed by atoms with E-state index in [1.807, 2.05) is 0 Å². The summed E-state index contributed by atoms with van der Waals surface area (Å²) in [5.41, 5.74) is 0.136. The molecule has 0 aliphatic carbocycles. The molecule has 4 atom stereocenters. The molecule has 3 heterocycles. The minimum Gasteiger partial charge on any atom is -0.504 e. The van der Waals surface area contributed by atoms with Gasteiger partial charge in [0.25, 0.3) is 0 Å². The molecule has 3 amide bonds. The summed E-state index contributed by atoms with van der Waals surface area (Å²) in [7, 11) is 1.48. The Morgan fingerprint density at radius 1 is 1.12 bits per heavy atom. The van der Waals surface area contributed by atoms with Gasteiger partial charge in [-0.3, -0.25) is 24.6 Å². The third-order valence-corrected chi connectivity index (χ3v) is 7.12. The standard InChI is InChI=1S/C23H22ClN3O6/c1-33-8-7-27-20(30)17-14(9-11-5-6-15(28)16(29)10-11)26-23(18(17)21(27)31)12-3-2-4-13(24)19(12)25-22(23)32/h2-6,10,14,17-18,26,28-29H,7-9H2,1H3,(H,25,32). The molecule has 0 saturated carbocycles. The lowest BCUT2D eigenvalue weighted by molar-refractivity contribution is -0.143. The van der Waals surface area contributed by atoms with Gasteiger partial charge in [-0.25, -0.2) is 0 Å². The number of carbonyl (C=O) groups is 3. The van der Waals surface area contributed by atoms with E-state index >= 15 is 0 Å². The summed E-state index contributed by atoms with van der Waals surface area (Å²) >= 11 is 6.33. The second-order valence-electron chi connectivity index (χ2n) is 8.53. The summed E-state index contributed by atoms with van der Waals surface area (Å²) in [6.07, 6.45) is 0.247. The van der Waals surface area contributed by atoms with Crippen molar-refractivity contribution in [1.29, 1.82) is 0 Å². The van der Waals surface area contributed by atoms with Crippen molar-refractivity contribution in [2.24, 2.45) is 11.8 Å². The first kappa shape index (κ1) is 21.7. The summed E-state index contributed by atoms with van der Waals surface area (Å²) in [6, 6.07) is 8.88. The van der Waals surface area contributed by atoms with Gasteiger partial charge in [0.2, 0.25) is 17.7 Å². The van der Waals surface area contributed by atoms with Gasteiger partial charge in [-0.15, -0.1) is 0 Å². The molecule has 5 rings (SSSR count). The number of phenols is 2. The first-order valence-electron chi connectivity index (χ1n) is 10.5. The van der Waals surface area contributed by atoms with Crippen LogP contribution >= 0.6 is 11.6 Å². The number of ether oxygens (including phenoxy) is 1. The highest BCUT2D eigenvalue weighted by atomic mass is 35.5. The molecular formula is C23H22ClN3O6. The van der Waals surface area contributed by atoms with Crippen LogP contribution in [0.2, 0.25) is 5.02 Å². The number of nitrogens with zero attached hydrogens (tertiary/aromatic N) is 1. The number of hydrogen-bond donors (Lipinski definition) is 4. The van der Waals surface area contributed by atoms with E-state index < -0.39 is 35.2 Å². The van der Waals surface area contributed by atoms with E-state index in [0.29, 0.717) is 21.8 Å². The number of carbonyl (C=O) groups excluding carboxylic acids is 3. The van der Waals surface area contributed by atoms with Crippen LogP contribution in [0.3, 0.4) is 0 Å². The maximum absolute atomic E-state index is 13.5. The molecule has 2 fully saturated rings. The summed E-state index contributed by atoms with van der Waals surface area (Å²) in [6.45, 7) is 0.274. The summed E-state index contributed by atoms with van der Waals surface area (Å²) in [5, 5.41) is 26.0. The van der Waals surface area contributed by atoms with Crippen LogP contribution in [0.4, 0.5) is 5.69 Å². The monoisotopic (exact) mass is 471 g/mol. The number of anilines is 1. The van der Waals surface area contributed by atoms with Crippen molar-refractivity contribution in [1.82, 2.24) is 10.2 Å². The maximum Gasteiger partial charge on any atom is 0.250 e. The van der Waals surface area contributed by atoms with Crippen molar-refractivity contribution in [3.8, 4) is 11.5 Å². The van der Waals surface area contributed by atoms with Gasteiger partial charge in [-0.1, -0.05) is 29.8 Å². The molecule has 2 aromatic carbocycles. The number of likely N-dealkylation sites (tertiary alicyclic amines) is 1. The predicted octanol–water partition coefficient (Wildman–Crippen LogP) is 1.36. The smallest absolute Gasteiger partial charge is 0.250 e. The Morgan fingerprint density at radius 3 is 2.64 bits per heavy atom. The lowest BCUT2D eigenvalue weighted by Gasteiger charge is -2.29. The van der Waals surface area contributed by atoms with E-state index in [2.05, 4.69) is 10.6 Å². The van der Waals surface area contributed by atoms with Crippen molar-refractivity contribution in [2.45, 2.75) is 18.0 Å². The fourth-order valence-corrected chi connectivity index (χ4v) is 5.60. The van der Waals surface area contributed by atoms with E-state index in [-0.39, 0.29) is 37.0 Å². The number of nitrogens with one attached hydrogen (secondary N) is 2. The average molecular weight is 472 g/mol. The largest absolute Gasteiger partial charge is 0.504 e. The van der Waals surface area contributed by atoms with Crippen LogP contribution in [-0.2, 0) is 31.1 Å². The molecule has 3 aliphatic heterocycles. The number of rotatable bonds is 5. The minimum absolute atomic E-state index is 0.0913. The number of aromatic hydroxyl groups is 2. The molecule has 0 radical (unpaired) electrons. The highest BCUT2D eigenvalue weighted by Gasteiger charge is 2.70. The predicted molar refractivity (Wildman–Crippen MR) is 118 cm³/mol. The van der Waals surface area contributed by atoms with E-state index in [4.69, 9.17) is 16.3 Å². The third kappa shape index (κ3) is 3.03. The van der Waals surface area contributed by atoms with Crippen molar-refractivity contribution in [3.63, 3.8) is 0 Å². The molecule has 2 saturated heterocycles. The SMILES string of the molecule is COCCN1C(=O)C2C(Cc3ccc(O)c(O)c3)NC3(C(=O)Nc4c(Cl)cccc43)C2C1=O. The quantitative estimate of drug-likeness (QED) is 0.383. The highest BCUT2D eigenvalue weighted by molar-refractivity contribution is 6.35. The van der Waals surface area contributed by atoms with Crippen LogP contribution in [0.15, 0.2) is 36.4 Å². The number of imide groups is 1. The zero-order valence-corrected chi connectivity index (χ0v) is 18.4. The average Bonchev–Trinajstić information content (AvgIpc) is 3.35. The van der Waals surface area contributed by atoms with Crippen LogP contribution in [0.5, 0.6) is 11.5 Å². The van der Waals surface area contributed by atoms with Gasteiger partial charge >= 0.3 is 0 Å². The number of hydrogen-bond acceptors (Lipinski definition) is 7. The zero-order chi connectivity index (χ0) is 23.5. The molecule has 9 nitrogen and oxygen atoms in total. The normalized spacial score (nSPS) is 27.9. The summed E-state index contributed by atoms with van der Waals surface area (Å²) in [5.74, 6) is -3.56. The van der Waals surface area contributed by atoms with Gasteiger partial charge in [-0.2, -0.15) is 0 Å². The van der Waals surface area contributed by atoms with Gasteiger partial charge in [-0.05, 0) is 30.2 Å². The van der Waals surface area contributed by atoms with Crippen LogP contribution in [0, 0.1) is 11.8 Å². The van der Waals surface area contributed by atoms with Gasteiger partial charge in [0.05, 0.1) is 35.7 Å². The molecule has 0 bridgehead atoms. The third-order valence-electron chi connectivity index (χ3n) is 6.81. The second-order valence-corrected chi connectivity index (χ2v) is 8.93. The van der Waals surface area contributed by atoms with Crippen molar-refractivity contribution in [3.05, 3.63) is 52.5 Å². The van der Waals surface area contributed by atoms with Crippen LogP contribution in [0.25, 0.3) is 0 Å². The van der Waals surface area contributed by atoms with Gasteiger partial charge in [0.15, 0.2) is 11.5 Å². The fraction of sp³-hybridized carbons (Fsp3) is 0.348. The number of phenolic OH excluding ortho intramolecular Hbond substituents is 2. The summed E-state index contributed by atoms with van der Waals surface area (Å²) in [4.78, 5) is 41.5. The lowest BCUT2D eigenvalue weighted by Crippen LogP contribution is -2.53. The summed E-state index contributed by atoms with van der Waals surface area (Å²) < 4.78 is 5.07. The molecule has 172 valence electrons. The highest BCUT2D eigenvalue weighted by Crippen LogP contribution is 2.54. The first-order valence-corrected chi connectivity index (χ1v) is 10.9. The van der Waals surface area contributed by atoms with E-state index in [9.17, 15) is 24.6 Å². The Labute approximate surface area is 194 Å². The van der Waals surface area contributed by atoms with E-state index in [0.717, 1.165) is 0 Å². The molecule has 10 heteroatoms. The number of benzene rings is 2. The number of halogens is 1. The topological polar surface area (TPSA) is 128 Å². The van der Waals surface area contributed by atoms with Crippen molar-refractivity contribution in [2.75, 3.05) is 25.6 Å². The maximum atomic E-state index is 13.5. The van der Waals surface area contributed by atoms with Crippen LogP contribution < -0.4 is 10.6 Å². The Morgan fingerprint density at radius 2 is 1.91 bits per heavy atom. The molecule has 3 aliphatic rings. The van der Waals surface area contributed by atoms with Crippen LogP contribution in [-0.4, -0.2) is 59.1 Å². The number of fused-ring (bicyclic) bond motifs is 4. The lowest BCUT2D eigenvalue weighted by atomic mass is 9.76. The fourth-order valence-electron chi connectivity index (χ4n) is 5.38. The minimum atomic E-state index is -1.46. The first-order chi connectivity index (χ1) is 15.8. The Balaban J connectivity index is 1.61. The van der Waals surface area contributed by atoms with Gasteiger partial charge < -0.3 is 20.3 Å². The molecule has 1 spiro atoms. The van der Waals surface area contributed by atoms with E-state index in [1.165, 1.54) is 24.1 Å². The van der Waals surface area contributed by atoms with Gasteiger partial charge in [0.1, 0.15) is 5.54 Å². The molecular weight excluding hydrogens is 450 g/mol. The molecule has 2 aromatic rings. The zero-order valence-electron chi connectivity index (χ0n) is 17.7. The molecule has 4 unspecified atom stereocenters. The number of para-hydroxylation sites is 1. The Bertz CT molecular complexity index is 1190. The van der Waals surface area contributed by atoms with Crippen LogP contribution in [0.1, 0.15) is 11.1 Å². The molecule has 33 heavy (non-hydrogen) atoms. The second kappa shape index (κ2) is 7.72. The van der Waals surface area contributed by atoms with Crippen molar-refractivity contribution >= 4 is 35.0 Å². The number of amides is 3. The number of methoxy groups -OCH3 is 1. The van der Waals surface area contributed by atoms with E-state index in [1.54, 1.807) is 24.3 Å². The Hall–Kier alpha value is -3.14. The molecule has 0 aromatic heterocycles. The van der Waals surface area contributed by atoms with Crippen molar-refractivity contribution < 1.29 is 29.3 Å². The van der Waals surface area contributed by atoms with Gasteiger partial charge in [0, 0.05) is 18.7 Å².